The van der Waals surface area contributed by atoms with Crippen LogP contribution in [0, 0.1) is 5.92 Å². The minimum atomic E-state index is -0.192. The van der Waals surface area contributed by atoms with Gasteiger partial charge in [-0.2, -0.15) is 0 Å². The molecule has 0 saturated carbocycles. The first kappa shape index (κ1) is 19.2. The molecule has 6 heteroatoms. The van der Waals surface area contributed by atoms with E-state index in [9.17, 15) is 4.79 Å². The number of nitrogens with two attached hydrogens (primary N) is 1. The van der Waals surface area contributed by atoms with Crippen molar-refractivity contribution in [2.45, 2.75) is 31.9 Å². The lowest BCUT2D eigenvalue weighted by Gasteiger charge is -2.32. The van der Waals surface area contributed by atoms with Crippen LogP contribution in [0.2, 0.25) is 5.02 Å². The lowest BCUT2D eigenvalue weighted by molar-refractivity contribution is -0.123. The van der Waals surface area contributed by atoms with Gasteiger partial charge in [-0.3, -0.25) is 9.69 Å². The number of hydrogen-bond acceptors (Lipinski definition) is 4. The SMILES string of the molecule is COC(CN)CC(=O)NCC1CCN(Cc2ccccc2Cl)CC1. The van der Waals surface area contributed by atoms with Crippen molar-refractivity contribution in [3.05, 3.63) is 34.9 Å². The Morgan fingerprint density at radius 1 is 1.42 bits per heavy atom. The molecule has 134 valence electrons. The average molecular weight is 354 g/mol. The number of carbonyl (C=O) groups excluding carboxylic acids is 1. The number of nitrogens with one attached hydrogen (secondary N) is 1. The summed E-state index contributed by atoms with van der Waals surface area (Å²) in [6.45, 7) is 4.07. The van der Waals surface area contributed by atoms with E-state index in [1.54, 1.807) is 7.11 Å². The van der Waals surface area contributed by atoms with E-state index in [0.717, 1.165) is 44.0 Å². The van der Waals surface area contributed by atoms with Crippen molar-refractivity contribution in [1.82, 2.24) is 10.2 Å². The zero-order valence-electron chi connectivity index (χ0n) is 14.3. The number of nitrogens with zero attached hydrogens (tertiary/aromatic N) is 1. The van der Waals surface area contributed by atoms with E-state index >= 15 is 0 Å². The third kappa shape index (κ3) is 6.06. The molecule has 5 nitrogen and oxygen atoms in total. The first-order valence-electron chi connectivity index (χ1n) is 8.57. The van der Waals surface area contributed by atoms with E-state index in [1.807, 2.05) is 18.2 Å². The smallest absolute Gasteiger partial charge is 0.222 e. The van der Waals surface area contributed by atoms with Crippen LogP contribution in [-0.2, 0) is 16.1 Å². The number of likely N-dealkylation sites (tertiary alicyclic amines) is 1. The lowest BCUT2D eigenvalue weighted by atomic mass is 9.96. The summed E-state index contributed by atoms with van der Waals surface area (Å²) >= 11 is 6.23. The molecule has 2 rings (SSSR count). The summed E-state index contributed by atoms with van der Waals surface area (Å²) in [5.41, 5.74) is 6.72. The van der Waals surface area contributed by atoms with Gasteiger partial charge >= 0.3 is 0 Å². The zero-order valence-corrected chi connectivity index (χ0v) is 15.1. The number of amides is 1. The van der Waals surface area contributed by atoms with E-state index in [0.29, 0.717) is 18.9 Å². The third-order valence-electron chi connectivity index (χ3n) is 4.66. The van der Waals surface area contributed by atoms with E-state index in [4.69, 9.17) is 22.1 Å². The van der Waals surface area contributed by atoms with Gasteiger partial charge in [-0.1, -0.05) is 29.8 Å². The lowest BCUT2D eigenvalue weighted by Crippen LogP contribution is -2.39. The normalized spacial score (nSPS) is 17.6. The highest BCUT2D eigenvalue weighted by Gasteiger charge is 2.20. The highest BCUT2D eigenvalue weighted by atomic mass is 35.5. The number of halogens is 1. The van der Waals surface area contributed by atoms with Gasteiger partial charge in [0, 0.05) is 31.8 Å². The van der Waals surface area contributed by atoms with Crippen molar-refractivity contribution in [3.8, 4) is 0 Å². The largest absolute Gasteiger partial charge is 0.380 e. The fourth-order valence-corrected chi connectivity index (χ4v) is 3.21. The number of rotatable bonds is 8. The van der Waals surface area contributed by atoms with Crippen molar-refractivity contribution in [3.63, 3.8) is 0 Å². The first-order chi connectivity index (χ1) is 11.6. The van der Waals surface area contributed by atoms with Gasteiger partial charge in [0.05, 0.1) is 12.5 Å². The summed E-state index contributed by atoms with van der Waals surface area (Å²) in [6.07, 6.45) is 2.32. The number of methoxy groups -OCH3 is 1. The first-order valence-corrected chi connectivity index (χ1v) is 8.95. The molecule has 1 atom stereocenters. The average Bonchev–Trinajstić information content (AvgIpc) is 2.61. The molecule has 1 saturated heterocycles. The minimum absolute atomic E-state index is 0.0193. The van der Waals surface area contributed by atoms with E-state index in [2.05, 4.69) is 16.3 Å². The summed E-state index contributed by atoms with van der Waals surface area (Å²) in [5.74, 6) is 0.557. The quantitative estimate of drug-likeness (QED) is 0.750. The molecule has 0 radical (unpaired) electrons. The zero-order chi connectivity index (χ0) is 17.4. The molecule has 3 N–H and O–H groups in total. The predicted molar refractivity (Wildman–Crippen MR) is 96.9 cm³/mol. The maximum atomic E-state index is 11.9. The fourth-order valence-electron chi connectivity index (χ4n) is 3.02. The molecule has 0 aromatic heterocycles. The molecule has 1 heterocycles. The van der Waals surface area contributed by atoms with E-state index < -0.39 is 0 Å². The predicted octanol–water partition coefficient (Wildman–Crippen LogP) is 2.03. The van der Waals surface area contributed by atoms with Crippen LogP contribution >= 0.6 is 11.6 Å². The summed E-state index contributed by atoms with van der Waals surface area (Å²) in [7, 11) is 1.58. The summed E-state index contributed by atoms with van der Waals surface area (Å²) in [5, 5.41) is 3.84. The van der Waals surface area contributed by atoms with Gasteiger partial charge in [0.15, 0.2) is 0 Å². The molecule has 1 aliphatic rings. The Hall–Kier alpha value is -1.14. The van der Waals surface area contributed by atoms with Gasteiger partial charge in [-0.05, 0) is 43.5 Å². The fraction of sp³-hybridized carbons (Fsp3) is 0.611. The number of carbonyl (C=O) groups is 1. The number of hydrogen-bond donors (Lipinski definition) is 2. The Kier molecular flexibility index (Phi) is 7.99. The van der Waals surface area contributed by atoms with Gasteiger partial charge < -0.3 is 15.8 Å². The second kappa shape index (κ2) is 9.99. The van der Waals surface area contributed by atoms with Crippen LogP contribution in [0.3, 0.4) is 0 Å². The van der Waals surface area contributed by atoms with Crippen molar-refractivity contribution >= 4 is 17.5 Å². The molecule has 1 aromatic rings. The van der Waals surface area contributed by atoms with Gasteiger partial charge in [-0.25, -0.2) is 0 Å². The molecule has 0 spiro atoms. The van der Waals surface area contributed by atoms with Gasteiger partial charge in [0.25, 0.3) is 0 Å². The molecule has 1 amide bonds. The standard InChI is InChI=1S/C18H28ClN3O2/c1-24-16(11-20)10-18(23)21-12-14-6-8-22(9-7-14)13-15-4-2-3-5-17(15)19/h2-5,14,16H,6-13,20H2,1H3,(H,21,23). The van der Waals surface area contributed by atoms with Crippen LogP contribution < -0.4 is 11.1 Å². The molecule has 0 bridgehead atoms. The van der Waals surface area contributed by atoms with Crippen molar-refractivity contribution in [2.75, 3.05) is 33.3 Å². The van der Waals surface area contributed by atoms with Crippen molar-refractivity contribution in [1.29, 1.82) is 0 Å². The number of ether oxygens (including phenoxy) is 1. The molecule has 1 aliphatic heterocycles. The molecule has 24 heavy (non-hydrogen) atoms. The highest BCUT2D eigenvalue weighted by Crippen LogP contribution is 2.21. The minimum Gasteiger partial charge on any atom is -0.380 e. The van der Waals surface area contributed by atoms with E-state index in [1.165, 1.54) is 5.56 Å². The molecular formula is C18H28ClN3O2. The van der Waals surface area contributed by atoms with Gasteiger partial charge in [0.2, 0.25) is 5.91 Å². The second-order valence-electron chi connectivity index (χ2n) is 6.41. The Morgan fingerprint density at radius 3 is 2.75 bits per heavy atom. The van der Waals surface area contributed by atoms with Crippen LogP contribution in [-0.4, -0.2) is 50.2 Å². The van der Waals surface area contributed by atoms with Crippen LogP contribution in [0.5, 0.6) is 0 Å². The highest BCUT2D eigenvalue weighted by molar-refractivity contribution is 6.31. The Balaban J connectivity index is 1.67. The van der Waals surface area contributed by atoms with Crippen LogP contribution in [0.4, 0.5) is 0 Å². The maximum Gasteiger partial charge on any atom is 0.222 e. The summed E-state index contributed by atoms with van der Waals surface area (Å²) in [4.78, 5) is 14.3. The van der Waals surface area contributed by atoms with Gasteiger partial charge in [-0.15, -0.1) is 0 Å². The van der Waals surface area contributed by atoms with Gasteiger partial charge in [0.1, 0.15) is 0 Å². The third-order valence-corrected chi connectivity index (χ3v) is 5.02. The Bertz CT molecular complexity index is 515. The summed E-state index contributed by atoms with van der Waals surface area (Å²) < 4.78 is 5.14. The molecule has 0 aliphatic carbocycles. The molecule has 1 fully saturated rings. The van der Waals surface area contributed by atoms with Crippen LogP contribution in [0.15, 0.2) is 24.3 Å². The topological polar surface area (TPSA) is 67.6 Å². The van der Waals surface area contributed by atoms with Crippen LogP contribution in [0.25, 0.3) is 0 Å². The number of benzene rings is 1. The maximum absolute atomic E-state index is 11.9. The van der Waals surface area contributed by atoms with Crippen molar-refractivity contribution in [2.24, 2.45) is 11.7 Å². The number of piperidine rings is 1. The second-order valence-corrected chi connectivity index (χ2v) is 6.82. The molecular weight excluding hydrogens is 326 g/mol. The monoisotopic (exact) mass is 353 g/mol. The summed E-state index contributed by atoms with van der Waals surface area (Å²) in [6, 6.07) is 8.00. The molecule has 1 unspecified atom stereocenters. The Labute approximate surface area is 149 Å². The molecule has 1 aromatic carbocycles. The van der Waals surface area contributed by atoms with Crippen LogP contribution in [0.1, 0.15) is 24.8 Å². The Morgan fingerprint density at radius 2 is 2.12 bits per heavy atom. The van der Waals surface area contributed by atoms with Crippen molar-refractivity contribution < 1.29 is 9.53 Å². The van der Waals surface area contributed by atoms with E-state index in [-0.39, 0.29) is 12.0 Å².